The number of fused-ring (bicyclic) bond motifs is 5. The van der Waals surface area contributed by atoms with E-state index in [0.717, 1.165) is 55.3 Å². The van der Waals surface area contributed by atoms with Crippen molar-refractivity contribution < 1.29 is 19.1 Å². The predicted octanol–water partition coefficient (Wildman–Crippen LogP) is 10.6. The first kappa shape index (κ1) is 31.8. The Hall–Kier alpha value is -5.74. The van der Waals surface area contributed by atoms with Gasteiger partial charge in [-0.05, 0) is 105 Å². The molecule has 0 atom stereocenters. The van der Waals surface area contributed by atoms with Crippen LogP contribution in [0.15, 0.2) is 146 Å². The monoisotopic (exact) mass is 642 g/mol. The van der Waals surface area contributed by atoms with Crippen molar-refractivity contribution in [3.63, 3.8) is 0 Å². The Kier molecular flexibility index (Phi) is 8.48. The highest BCUT2D eigenvalue weighted by atomic mass is 16.5. The van der Waals surface area contributed by atoms with Crippen LogP contribution in [0.1, 0.15) is 37.8 Å². The van der Waals surface area contributed by atoms with Crippen LogP contribution in [0.25, 0.3) is 54.9 Å². The standard InChI is InChI=1S/C45H38O4/c1-29(2)43(46)48-25-23-45(24-26-49-44(47)30(3)4)41-37(35-21-19-31-11-5-7-13-33(31)27-35)15-9-17-39(41)40-18-10-16-38(42(40)45)36-22-20-32-12-6-8-14-34(32)28-36/h5-22,27-28H,1,3,23-26H2,2,4H3. The third kappa shape index (κ3) is 5.84. The lowest BCUT2D eigenvalue weighted by atomic mass is 9.69. The van der Waals surface area contributed by atoms with E-state index in [-0.39, 0.29) is 13.2 Å². The fourth-order valence-electron chi connectivity index (χ4n) is 7.41. The van der Waals surface area contributed by atoms with E-state index in [0.29, 0.717) is 24.0 Å². The summed E-state index contributed by atoms with van der Waals surface area (Å²) in [6.07, 6.45) is 0.956. The van der Waals surface area contributed by atoms with Crippen molar-refractivity contribution in [2.45, 2.75) is 32.1 Å². The lowest BCUT2D eigenvalue weighted by molar-refractivity contribution is -0.139. The number of benzene rings is 6. The van der Waals surface area contributed by atoms with Gasteiger partial charge in [-0.2, -0.15) is 0 Å². The van der Waals surface area contributed by atoms with Crippen LogP contribution in [-0.4, -0.2) is 25.2 Å². The van der Waals surface area contributed by atoms with Gasteiger partial charge in [0.1, 0.15) is 0 Å². The normalized spacial score (nSPS) is 12.7. The molecule has 1 aliphatic carbocycles. The van der Waals surface area contributed by atoms with Crippen LogP contribution in [0, 0.1) is 0 Å². The summed E-state index contributed by atoms with van der Waals surface area (Å²) in [6, 6.07) is 42.9. The maximum absolute atomic E-state index is 12.7. The Morgan fingerprint density at radius 3 is 1.31 bits per heavy atom. The molecule has 4 heteroatoms. The van der Waals surface area contributed by atoms with Gasteiger partial charge in [-0.1, -0.05) is 122 Å². The van der Waals surface area contributed by atoms with E-state index in [2.05, 4.69) is 134 Å². The molecule has 49 heavy (non-hydrogen) atoms. The molecule has 6 aromatic rings. The predicted molar refractivity (Wildman–Crippen MR) is 199 cm³/mol. The van der Waals surface area contributed by atoms with Gasteiger partial charge in [0.15, 0.2) is 0 Å². The lowest BCUT2D eigenvalue weighted by Gasteiger charge is -2.35. The number of carbonyl (C=O) groups excluding carboxylic acids is 2. The first-order valence-electron chi connectivity index (χ1n) is 16.7. The molecule has 6 aromatic carbocycles. The van der Waals surface area contributed by atoms with Gasteiger partial charge >= 0.3 is 11.9 Å². The molecule has 0 amide bonds. The molecule has 0 heterocycles. The van der Waals surface area contributed by atoms with Gasteiger partial charge in [-0.15, -0.1) is 0 Å². The Labute approximate surface area is 287 Å². The number of rotatable bonds is 10. The number of ether oxygens (including phenoxy) is 2. The SMILES string of the molecule is C=C(C)C(=O)OCCC1(CCOC(=O)C(=C)C)c2c(-c3ccc4ccccc4c3)cccc2-c2cccc(-c3ccc4ccccc4c3)c21. The number of hydrogen-bond acceptors (Lipinski definition) is 4. The van der Waals surface area contributed by atoms with Crippen LogP contribution >= 0.6 is 0 Å². The third-order valence-corrected chi connectivity index (χ3v) is 9.72. The zero-order valence-electron chi connectivity index (χ0n) is 27.9. The lowest BCUT2D eigenvalue weighted by Crippen LogP contribution is -2.31. The van der Waals surface area contributed by atoms with Gasteiger partial charge in [0.2, 0.25) is 0 Å². The van der Waals surface area contributed by atoms with Crippen molar-refractivity contribution >= 4 is 33.5 Å². The molecule has 242 valence electrons. The first-order chi connectivity index (χ1) is 23.8. The van der Waals surface area contributed by atoms with Gasteiger partial charge < -0.3 is 9.47 Å². The van der Waals surface area contributed by atoms with Crippen LogP contribution in [0.4, 0.5) is 0 Å². The highest BCUT2D eigenvalue weighted by Gasteiger charge is 2.46. The largest absolute Gasteiger partial charge is 0.462 e. The van der Waals surface area contributed by atoms with Gasteiger partial charge in [0, 0.05) is 16.6 Å². The fourth-order valence-corrected chi connectivity index (χ4v) is 7.41. The average molecular weight is 643 g/mol. The summed E-state index contributed by atoms with van der Waals surface area (Å²) >= 11 is 0. The van der Waals surface area contributed by atoms with Crippen molar-refractivity contribution in [2.75, 3.05) is 13.2 Å². The molecule has 4 nitrogen and oxygen atoms in total. The molecular weight excluding hydrogens is 604 g/mol. The zero-order chi connectivity index (χ0) is 34.1. The fraction of sp³-hybridized carbons (Fsp3) is 0.156. The molecule has 7 rings (SSSR count). The van der Waals surface area contributed by atoms with Crippen molar-refractivity contribution in [3.8, 4) is 33.4 Å². The molecule has 0 aromatic heterocycles. The van der Waals surface area contributed by atoms with Crippen molar-refractivity contribution in [1.82, 2.24) is 0 Å². The first-order valence-corrected chi connectivity index (χ1v) is 16.7. The smallest absolute Gasteiger partial charge is 0.333 e. The summed E-state index contributed by atoms with van der Waals surface area (Å²) in [4.78, 5) is 25.4. The Balaban J connectivity index is 1.48. The highest BCUT2D eigenvalue weighted by molar-refractivity contribution is 5.97. The van der Waals surface area contributed by atoms with Crippen molar-refractivity contribution in [1.29, 1.82) is 0 Å². The van der Waals surface area contributed by atoms with Gasteiger partial charge in [-0.25, -0.2) is 9.59 Å². The van der Waals surface area contributed by atoms with Crippen LogP contribution in [-0.2, 0) is 24.5 Å². The molecule has 0 unspecified atom stereocenters. The summed E-state index contributed by atoms with van der Waals surface area (Å²) in [6.45, 7) is 11.2. The maximum atomic E-state index is 12.7. The van der Waals surface area contributed by atoms with E-state index in [9.17, 15) is 9.59 Å². The number of hydrogen-bond donors (Lipinski definition) is 0. The topological polar surface area (TPSA) is 52.6 Å². The molecule has 0 N–H and O–H groups in total. The van der Waals surface area contributed by atoms with E-state index < -0.39 is 17.4 Å². The van der Waals surface area contributed by atoms with Crippen LogP contribution in [0.5, 0.6) is 0 Å². The molecule has 1 aliphatic rings. The molecule has 0 aliphatic heterocycles. The summed E-state index contributed by atoms with van der Waals surface area (Å²) in [5.41, 5.74) is 8.95. The second-order valence-electron chi connectivity index (χ2n) is 13.0. The van der Waals surface area contributed by atoms with Crippen molar-refractivity contribution in [3.05, 3.63) is 157 Å². The van der Waals surface area contributed by atoms with Crippen LogP contribution < -0.4 is 0 Å². The minimum absolute atomic E-state index is 0.164. The van der Waals surface area contributed by atoms with Crippen LogP contribution in [0.3, 0.4) is 0 Å². The van der Waals surface area contributed by atoms with Crippen molar-refractivity contribution in [2.24, 2.45) is 0 Å². The minimum Gasteiger partial charge on any atom is -0.462 e. The molecular formula is C45H38O4. The molecule has 0 saturated carbocycles. The Morgan fingerprint density at radius 1 is 0.510 bits per heavy atom. The molecule has 0 fully saturated rings. The van der Waals surface area contributed by atoms with Crippen LogP contribution in [0.2, 0.25) is 0 Å². The second kappa shape index (κ2) is 13.0. The van der Waals surface area contributed by atoms with E-state index in [4.69, 9.17) is 9.47 Å². The van der Waals surface area contributed by atoms with Gasteiger partial charge in [-0.3, -0.25) is 0 Å². The van der Waals surface area contributed by atoms with E-state index >= 15 is 0 Å². The summed E-state index contributed by atoms with van der Waals surface area (Å²) in [5.74, 6) is -0.846. The molecule has 0 radical (unpaired) electrons. The molecule has 0 bridgehead atoms. The van der Waals surface area contributed by atoms with E-state index in [1.165, 1.54) is 10.8 Å². The van der Waals surface area contributed by atoms with E-state index in [1.807, 2.05) is 0 Å². The highest BCUT2D eigenvalue weighted by Crippen LogP contribution is 2.58. The molecule has 0 spiro atoms. The Bertz CT molecular complexity index is 2130. The molecule has 0 saturated heterocycles. The number of esters is 2. The zero-order valence-corrected chi connectivity index (χ0v) is 27.9. The van der Waals surface area contributed by atoms with Gasteiger partial charge in [0.05, 0.1) is 13.2 Å². The van der Waals surface area contributed by atoms with Gasteiger partial charge in [0.25, 0.3) is 0 Å². The minimum atomic E-state index is -0.681. The average Bonchev–Trinajstić information content (AvgIpc) is 3.40. The van der Waals surface area contributed by atoms with E-state index in [1.54, 1.807) is 13.8 Å². The second-order valence-corrected chi connectivity index (χ2v) is 13.0. The third-order valence-electron chi connectivity index (χ3n) is 9.72. The summed E-state index contributed by atoms with van der Waals surface area (Å²) < 4.78 is 11.7. The quantitative estimate of drug-likeness (QED) is 0.110. The number of carbonyl (C=O) groups is 2. The maximum Gasteiger partial charge on any atom is 0.333 e. The summed E-state index contributed by atoms with van der Waals surface area (Å²) in [5, 5.41) is 4.65. The summed E-state index contributed by atoms with van der Waals surface area (Å²) in [7, 11) is 0. The Morgan fingerprint density at radius 2 is 0.898 bits per heavy atom.